The maximum Gasteiger partial charge on any atom is 0.0804 e. The minimum absolute atomic E-state index is 0.539. The SMILES string of the molecule is NCCNOCCN. The van der Waals surface area contributed by atoms with Gasteiger partial charge in [-0.25, -0.2) is 5.48 Å². The molecular weight excluding hydrogens is 106 g/mol. The lowest BCUT2D eigenvalue weighted by Crippen LogP contribution is -2.25. The molecule has 0 atom stereocenters. The number of hydrogen-bond donors (Lipinski definition) is 3. The summed E-state index contributed by atoms with van der Waals surface area (Å²) in [5, 5.41) is 0. The third kappa shape index (κ3) is 5.84. The van der Waals surface area contributed by atoms with Gasteiger partial charge in [-0.15, -0.1) is 0 Å². The van der Waals surface area contributed by atoms with Gasteiger partial charge in [-0.05, 0) is 0 Å². The first-order valence-electron chi connectivity index (χ1n) is 2.66. The first kappa shape index (κ1) is 7.84. The molecule has 0 saturated carbocycles. The zero-order valence-electron chi connectivity index (χ0n) is 4.89. The van der Waals surface area contributed by atoms with E-state index in [1.165, 1.54) is 0 Å². The Kier molecular flexibility index (Phi) is 6.70. The van der Waals surface area contributed by atoms with Crippen molar-refractivity contribution in [2.45, 2.75) is 0 Å². The van der Waals surface area contributed by atoms with E-state index in [-0.39, 0.29) is 0 Å². The first-order chi connectivity index (χ1) is 3.91. The average molecular weight is 119 g/mol. The van der Waals surface area contributed by atoms with E-state index in [1.54, 1.807) is 0 Å². The van der Waals surface area contributed by atoms with Gasteiger partial charge >= 0.3 is 0 Å². The molecule has 0 aliphatic rings. The molecule has 5 N–H and O–H groups in total. The number of rotatable bonds is 5. The predicted molar refractivity (Wildman–Crippen MR) is 32.1 cm³/mol. The summed E-state index contributed by atoms with van der Waals surface area (Å²) in [5.41, 5.74) is 12.9. The van der Waals surface area contributed by atoms with Crippen molar-refractivity contribution in [2.24, 2.45) is 11.5 Å². The van der Waals surface area contributed by atoms with Gasteiger partial charge in [-0.3, -0.25) is 0 Å². The van der Waals surface area contributed by atoms with Crippen molar-refractivity contribution in [3.8, 4) is 0 Å². The van der Waals surface area contributed by atoms with Crippen LogP contribution in [-0.4, -0.2) is 26.2 Å². The Morgan fingerprint density at radius 1 is 1.25 bits per heavy atom. The second-order valence-corrected chi connectivity index (χ2v) is 1.32. The molecule has 0 radical (unpaired) electrons. The van der Waals surface area contributed by atoms with Gasteiger partial charge in [0.15, 0.2) is 0 Å². The molecule has 50 valence electrons. The van der Waals surface area contributed by atoms with Crippen molar-refractivity contribution >= 4 is 0 Å². The van der Waals surface area contributed by atoms with E-state index in [9.17, 15) is 0 Å². The number of hydroxylamine groups is 1. The van der Waals surface area contributed by atoms with Gasteiger partial charge in [0.05, 0.1) is 6.61 Å². The summed E-state index contributed by atoms with van der Waals surface area (Å²) in [6.45, 7) is 2.35. The van der Waals surface area contributed by atoms with E-state index >= 15 is 0 Å². The summed E-state index contributed by atoms with van der Waals surface area (Å²) in [7, 11) is 0. The molecule has 0 aromatic rings. The number of hydrogen-bond acceptors (Lipinski definition) is 4. The van der Waals surface area contributed by atoms with Crippen LogP contribution < -0.4 is 16.9 Å². The highest BCUT2D eigenvalue weighted by atomic mass is 16.6. The van der Waals surface area contributed by atoms with Crippen LogP contribution in [0.2, 0.25) is 0 Å². The smallest absolute Gasteiger partial charge is 0.0804 e. The van der Waals surface area contributed by atoms with E-state index in [0.29, 0.717) is 26.2 Å². The molecule has 0 bridgehead atoms. The van der Waals surface area contributed by atoms with Gasteiger partial charge < -0.3 is 16.3 Å². The third-order valence-corrected chi connectivity index (χ3v) is 0.568. The van der Waals surface area contributed by atoms with Gasteiger partial charge in [0.2, 0.25) is 0 Å². The average Bonchev–Trinajstić information content (AvgIpc) is 1.81. The Labute approximate surface area is 49.1 Å². The van der Waals surface area contributed by atoms with Crippen molar-refractivity contribution in [2.75, 3.05) is 26.2 Å². The van der Waals surface area contributed by atoms with Crippen LogP contribution >= 0.6 is 0 Å². The van der Waals surface area contributed by atoms with Crippen molar-refractivity contribution in [1.29, 1.82) is 0 Å². The summed E-state index contributed by atoms with van der Waals surface area (Å²) in [6, 6.07) is 0. The largest absolute Gasteiger partial charge is 0.329 e. The fourth-order valence-electron chi connectivity index (χ4n) is 0.262. The lowest BCUT2D eigenvalue weighted by Gasteiger charge is -2.00. The highest BCUT2D eigenvalue weighted by molar-refractivity contribution is 4.33. The molecule has 8 heavy (non-hydrogen) atoms. The lowest BCUT2D eigenvalue weighted by molar-refractivity contribution is 0.0489. The third-order valence-electron chi connectivity index (χ3n) is 0.568. The van der Waals surface area contributed by atoms with E-state index < -0.39 is 0 Å². The molecule has 4 nitrogen and oxygen atoms in total. The highest BCUT2D eigenvalue weighted by Crippen LogP contribution is 1.59. The van der Waals surface area contributed by atoms with Gasteiger partial charge in [0.25, 0.3) is 0 Å². The van der Waals surface area contributed by atoms with Crippen LogP contribution in [0.15, 0.2) is 0 Å². The van der Waals surface area contributed by atoms with E-state index in [2.05, 4.69) is 5.48 Å². The summed E-state index contributed by atoms with van der Waals surface area (Å²) >= 11 is 0. The standard InChI is InChI=1S/C4H13N3O/c5-1-3-7-8-4-2-6/h7H,1-6H2. The van der Waals surface area contributed by atoms with Crippen LogP contribution in [0, 0.1) is 0 Å². The normalized spacial score (nSPS) is 9.75. The molecule has 0 spiro atoms. The molecule has 0 heterocycles. The maximum absolute atomic E-state index is 5.14. The summed E-state index contributed by atoms with van der Waals surface area (Å²) in [5.74, 6) is 0. The van der Waals surface area contributed by atoms with Crippen LogP contribution in [-0.2, 0) is 4.84 Å². The molecule has 0 unspecified atom stereocenters. The van der Waals surface area contributed by atoms with Crippen molar-refractivity contribution < 1.29 is 4.84 Å². The summed E-state index contributed by atoms with van der Waals surface area (Å²) < 4.78 is 0. The minimum Gasteiger partial charge on any atom is -0.329 e. The van der Waals surface area contributed by atoms with Crippen LogP contribution in [0.1, 0.15) is 0 Å². The predicted octanol–water partition coefficient (Wildman–Crippen LogP) is -1.57. The number of nitrogens with two attached hydrogens (primary N) is 2. The lowest BCUT2D eigenvalue weighted by atomic mass is 10.7. The fourth-order valence-corrected chi connectivity index (χ4v) is 0.262. The van der Waals surface area contributed by atoms with Crippen LogP contribution in [0.3, 0.4) is 0 Å². The van der Waals surface area contributed by atoms with Gasteiger partial charge in [0.1, 0.15) is 0 Å². The molecule has 0 rings (SSSR count). The van der Waals surface area contributed by atoms with Crippen LogP contribution in [0.25, 0.3) is 0 Å². The highest BCUT2D eigenvalue weighted by Gasteiger charge is 1.79. The Morgan fingerprint density at radius 3 is 2.50 bits per heavy atom. The van der Waals surface area contributed by atoms with Gasteiger partial charge in [-0.2, -0.15) is 0 Å². The van der Waals surface area contributed by atoms with Crippen LogP contribution in [0.4, 0.5) is 0 Å². The zero-order chi connectivity index (χ0) is 6.24. The molecule has 0 aromatic carbocycles. The molecular formula is C4H13N3O. The molecule has 4 heteroatoms. The van der Waals surface area contributed by atoms with Gasteiger partial charge in [-0.1, -0.05) is 0 Å². The topological polar surface area (TPSA) is 73.3 Å². The van der Waals surface area contributed by atoms with E-state index in [0.717, 1.165) is 0 Å². The second-order valence-electron chi connectivity index (χ2n) is 1.32. The maximum atomic E-state index is 5.14. The molecule has 0 aliphatic carbocycles. The van der Waals surface area contributed by atoms with Crippen molar-refractivity contribution in [3.63, 3.8) is 0 Å². The zero-order valence-corrected chi connectivity index (χ0v) is 4.89. The Hall–Kier alpha value is -0.160. The molecule has 0 fully saturated rings. The Bertz CT molecular complexity index is 36.3. The number of nitrogens with one attached hydrogen (secondary N) is 1. The van der Waals surface area contributed by atoms with E-state index in [4.69, 9.17) is 16.3 Å². The summed E-state index contributed by atoms with van der Waals surface area (Å²) in [6.07, 6.45) is 0. The monoisotopic (exact) mass is 119 g/mol. The van der Waals surface area contributed by atoms with Crippen molar-refractivity contribution in [1.82, 2.24) is 5.48 Å². The molecule has 0 saturated heterocycles. The minimum atomic E-state index is 0.539. The molecule has 0 aliphatic heterocycles. The van der Waals surface area contributed by atoms with Gasteiger partial charge in [0, 0.05) is 19.6 Å². The van der Waals surface area contributed by atoms with Crippen LogP contribution in [0.5, 0.6) is 0 Å². The Balaban J connectivity index is 2.53. The fraction of sp³-hybridized carbons (Fsp3) is 1.00. The van der Waals surface area contributed by atoms with Crippen molar-refractivity contribution in [3.05, 3.63) is 0 Å². The Morgan fingerprint density at radius 2 is 2.00 bits per heavy atom. The van der Waals surface area contributed by atoms with E-state index in [1.807, 2.05) is 0 Å². The molecule has 0 amide bonds. The summed E-state index contributed by atoms with van der Waals surface area (Å²) in [4.78, 5) is 4.77. The second kappa shape index (κ2) is 6.84. The first-order valence-corrected chi connectivity index (χ1v) is 2.66. The quantitative estimate of drug-likeness (QED) is 0.302. The molecule has 0 aromatic heterocycles.